The van der Waals surface area contributed by atoms with Crippen LogP contribution in [0, 0.1) is 0 Å². The van der Waals surface area contributed by atoms with Gasteiger partial charge in [-0.2, -0.15) is 11.8 Å². The third-order valence-corrected chi connectivity index (χ3v) is 3.13. The lowest BCUT2D eigenvalue weighted by atomic mass is 10.1. The van der Waals surface area contributed by atoms with Crippen LogP contribution in [0.4, 0.5) is 5.69 Å². The molecule has 0 aromatic carbocycles. The maximum Gasteiger partial charge on any atom is 0.237 e. The second-order valence-electron chi connectivity index (χ2n) is 3.00. The molecule has 1 aliphatic rings. The van der Waals surface area contributed by atoms with Crippen LogP contribution < -0.4 is 10.5 Å². The van der Waals surface area contributed by atoms with Crippen molar-refractivity contribution in [3.63, 3.8) is 0 Å². The maximum absolute atomic E-state index is 5.76. The minimum absolute atomic E-state index is 0.561. The molecule has 4 heteroatoms. The Hall–Kier alpha value is -0.900. The van der Waals surface area contributed by atoms with Gasteiger partial charge in [-0.15, -0.1) is 0 Å². The normalized spacial score (nSPS) is 15.2. The minimum Gasteiger partial charge on any atom is -0.480 e. The van der Waals surface area contributed by atoms with E-state index in [1.165, 1.54) is 5.56 Å². The summed E-state index contributed by atoms with van der Waals surface area (Å²) < 4.78 is 5.07. The van der Waals surface area contributed by atoms with Crippen molar-refractivity contribution in [2.45, 2.75) is 12.2 Å². The Bertz CT molecular complexity index is 328. The van der Waals surface area contributed by atoms with Gasteiger partial charge >= 0.3 is 0 Å². The molecule has 0 radical (unpaired) electrons. The van der Waals surface area contributed by atoms with Crippen LogP contribution in [0.5, 0.6) is 5.88 Å². The molecule has 13 heavy (non-hydrogen) atoms. The summed E-state index contributed by atoms with van der Waals surface area (Å²) in [6.07, 6.45) is 1.02. The van der Waals surface area contributed by atoms with Crippen LogP contribution in [0.1, 0.15) is 11.3 Å². The first kappa shape index (κ1) is 8.69. The van der Waals surface area contributed by atoms with Crippen LogP contribution in [-0.4, -0.2) is 17.8 Å². The van der Waals surface area contributed by atoms with Crippen molar-refractivity contribution < 1.29 is 4.74 Å². The topological polar surface area (TPSA) is 48.1 Å². The van der Waals surface area contributed by atoms with Crippen molar-refractivity contribution in [2.24, 2.45) is 0 Å². The second-order valence-corrected chi connectivity index (χ2v) is 4.10. The van der Waals surface area contributed by atoms with Gasteiger partial charge in [0.15, 0.2) is 0 Å². The molecule has 3 nitrogen and oxygen atoms in total. The number of pyridine rings is 1. The summed E-state index contributed by atoms with van der Waals surface area (Å²) in [5.74, 6) is 2.73. The average Bonchev–Trinajstić information content (AvgIpc) is 2.17. The van der Waals surface area contributed by atoms with Gasteiger partial charge < -0.3 is 10.5 Å². The average molecular weight is 196 g/mol. The summed E-state index contributed by atoms with van der Waals surface area (Å²) >= 11 is 1.92. The van der Waals surface area contributed by atoms with Gasteiger partial charge in [0.2, 0.25) is 5.88 Å². The van der Waals surface area contributed by atoms with E-state index in [0.717, 1.165) is 23.6 Å². The first-order chi connectivity index (χ1) is 6.31. The van der Waals surface area contributed by atoms with Gasteiger partial charge in [0.1, 0.15) is 0 Å². The Labute approximate surface area is 81.7 Å². The van der Waals surface area contributed by atoms with Crippen molar-refractivity contribution >= 4 is 17.4 Å². The van der Waals surface area contributed by atoms with E-state index >= 15 is 0 Å². The molecule has 0 saturated heterocycles. The Balaban J connectivity index is 2.44. The Morgan fingerprint density at radius 2 is 2.46 bits per heavy atom. The molecule has 2 heterocycles. The Kier molecular flexibility index (Phi) is 2.31. The third kappa shape index (κ3) is 1.58. The number of nitrogen functional groups attached to an aromatic ring is 1. The van der Waals surface area contributed by atoms with Gasteiger partial charge in [-0.1, -0.05) is 0 Å². The second kappa shape index (κ2) is 3.46. The zero-order valence-electron chi connectivity index (χ0n) is 7.54. The van der Waals surface area contributed by atoms with Crippen LogP contribution in [0.3, 0.4) is 0 Å². The molecule has 2 N–H and O–H groups in total. The quantitative estimate of drug-likeness (QED) is 0.738. The van der Waals surface area contributed by atoms with Crippen molar-refractivity contribution in [1.82, 2.24) is 4.98 Å². The van der Waals surface area contributed by atoms with E-state index in [0.29, 0.717) is 11.6 Å². The van der Waals surface area contributed by atoms with E-state index in [9.17, 15) is 0 Å². The number of nitrogens with zero attached hydrogens (tertiary/aromatic N) is 1. The largest absolute Gasteiger partial charge is 0.480 e. The van der Waals surface area contributed by atoms with Crippen LogP contribution in [0.2, 0.25) is 0 Å². The fourth-order valence-corrected chi connectivity index (χ4v) is 2.40. The minimum atomic E-state index is 0.561. The number of hydrogen-bond acceptors (Lipinski definition) is 4. The van der Waals surface area contributed by atoms with E-state index in [4.69, 9.17) is 10.5 Å². The molecular weight excluding hydrogens is 184 g/mol. The van der Waals surface area contributed by atoms with Crippen molar-refractivity contribution in [1.29, 1.82) is 0 Å². The highest BCUT2D eigenvalue weighted by molar-refractivity contribution is 7.98. The smallest absolute Gasteiger partial charge is 0.237 e. The molecule has 0 fully saturated rings. The number of rotatable bonds is 1. The summed E-state index contributed by atoms with van der Waals surface area (Å²) in [5.41, 5.74) is 8.80. The zero-order chi connectivity index (χ0) is 9.26. The summed E-state index contributed by atoms with van der Waals surface area (Å²) in [6.45, 7) is 0. The molecule has 0 bridgehead atoms. The molecule has 0 atom stereocenters. The molecule has 1 aromatic rings. The van der Waals surface area contributed by atoms with Crippen molar-refractivity contribution in [3.05, 3.63) is 17.3 Å². The summed E-state index contributed by atoms with van der Waals surface area (Å²) in [5, 5.41) is 0. The predicted molar refractivity (Wildman–Crippen MR) is 55.1 cm³/mol. The van der Waals surface area contributed by atoms with Gasteiger partial charge in [0.05, 0.1) is 12.8 Å². The number of hydrogen-bond donors (Lipinski definition) is 1. The molecule has 1 aromatic heterocycles. The number of fused-ring (bicyclic) bond motifs is 1. The number of methoxy groups -OCH3 is 1. The number of ether oxygens (including phenoxy) is 1. The fourth-order valence-electron chi connectivity index (χ4n) is 1.45. The molecule has 1 aliphatic heterocycles. The van der Waals surface area contributed by atoms with Gasteiger partial charge in [0.25, 0.3) is 0 Å². The lowest BCUT2D eigenvalue weighted by Gasteiger charge is -2.16. The van der Waals surface area contributed by atoms with E-state index in [2.05, 4.69) is 4.98 Å². The standard InChI is InChI=1S/C9H12N2OS/c1-12-9-7(10)4-6-5-13-3-2-8(6)11-9/h4H,2-3,5,10H2,1H3. The van der Waals surface area contributed by atoms with Crippen LogP contribution in [0.15, 0.2) is 6.07 Å². The predicted octanol–water partition coefficient (Wildman–Crippen LogP) is 1.46. The van der Waals surface area contributed by atoms with E-state index < -0.39 is 0 Å². The molecule has 0 amide bonds. The van der Waals surface area contributed by atoms with Gasteiger partial charge in [-0.25, -0.2) is 4.98 Å². The lowest BCUT2D eigenvalue weighted by molar-refractivity contribution is 0.398. The highest BCUT2D eigenvalue weighted by atomic mass is 32.2. The molecular formula is C9H12N2OS. The summed E-state index contributed by atoms with van der Waals surface area (Å²) in [4.78, 5) is 4.37. The van der Waals surface area contributed by atoms with E-state index in [1.54, 1.807) is 7.11 Å². The van der Waals surface area contributed by atoms with Gasteiger partial charge in [0, 0.05) is 11.4 Å². The van der Waals surface area contributed by atoms with E-state index in [1.807, 2.05) is 17.8 Å². The third-order valence-electron chi connectivity index (χ3n) is 2.12. The fraction of sp³-hybridized carbons (Fsp3) is 0.444. The van der Waals surface area contributed by atoms with Crippen LogP contribution in [0.25, 0.3) is 0 Å². The van der Waals surface area contributed by atoms with E-state index in [-0.39, 0.29) is 0 Å². The van der Waals surface area contributed by atoms with Crippen molar-refractivity contribution in [3.8, 4) is 5.88 Å². The van der Waals surface area contributed by atoms with Crippen LogP contribution >= 0.6 is 11.8 Å². The first-order valence-corrected chi connectivity index (χ1v) is 5.36. The Morgan fingerprint density at radius 3 is 3.23 bits per heavy atom. The lowest BCUT2D eigenvalue weighted by Crippen LogP contribution is -2.08. The number of nitrogens with two attached hydrogens (primary N) is 1. The Morgan fingerprint density at radius 1 is 1.62 bits per heavy atom. The number of anilines is 1. The molecule has 0 unspecified atom stereocenters. The SMILES string of the molecule is COc1nc2c(cc1N)CSCC2. The van der Waals surface area contributed by atoms with Crippen LogP contribution in [-0.2, 0) is 12.2 Å². The zero-order valence-corrected chi connectivity index (χ0v) is 8.36. The van der Waals surface area contributed by atoms with Gasteiger partial charge in [-0.3, -0.25) is 0 Å². The summed E-state index contributed by atoms with van der Waals surface area (Å²) in [7, 11) is 1.60. The number of aryl methyl sites for hydroxylation is 1. The monoisotopic (exact) mass is 196 g/mol. The molecule has 0 saturated carbocycles. The molecule has 2 rings (SSSR count). The molecule has 70 valence electrons. The first-order valence-electron chi connectivity index (χ1n) is 4.21. The van der Waals surface area contributed by atoms with Crippen molar-refractivity contribution in [2.75, 3.05) is 18.6 Å². The summed E-state index contributed by atoms with van der Waals surface area (Å²) in [6, 6.07) is 1.98. The van der Waals surface area contributed by atoms with Gasteiger partial charge in [-0.05, 0) is 23.8 Å². The maximum atomic E-state index is 5.76. The highest BCUT2D eigenvalue weighted by Gasteiger charge is 2.13. The highest BCUT2D eigenvalue weighted by Crippen LogP contribution is 2.28. The molecule has 0 aliphatic carbocycles. The number of thioether (sulfide) groups is 1. The molecule has 0 spiro atoms. The number of aromatic nitrogens is 1.